The number of carbonyl (C=O) groups is 2. The van der Waals surface area contributed by atoms with Crippen LogP contribution >= 0.6 is 11.3 Å². The number of hydrogen-bond acceptors (Lipinski definition) is 6. The fraction of sp³-hybridized carbons (Fsp3) is 0.292. The van der Waals surface area contributed by atoms with Crippen LogP contribution in [0.4, 0.5) is 13.9 Å². The molecule has 3 N–H and O–H groups in total. The summed E-state index contributed by atoms with van der Waals surface area (Å²) < 4.78 is 32.6. The van der Waals surface area contributed by atoms with E-state index in [1.54, 1.807) is 26.0 Å². The van der Waals surface area contributed by atoms with Crippen LogP contribution in [-0.4, -0.2) is 34.9 Å². The first kappa shape index (κ1) is 23.8. The molecule has 1 unspecified atom stereocenters. The van der Waals surface area contributed by atoms with Crippen molar-refractivity contribution in [3.8, 4) is 22.1 Å². The van der Waals surface area contributed by atoms with Crippen LogP contribution in [0, 0.1) is 11.6 Å². The minimum absolute atomic E-state index is 0.232. The van der Waals surface area contributed by atoms with Crippen molar-refractivity contribution in [2.75, 3.05) is 11.9 Å². The highest BCUT2D eigenvalue weighted by Crippen LogP contribution is 2.40. The van der Waals surface area contributed by atoms with Crippen molar-refractivity contribution in [2.24, 2.45) is 0 Å². The molecule has 178 valence electrons. The Bertz CT molecular complexity index is 1170. The van der Waals surface area contributed by atoms with Crippen LogP contribution in [0.15, 0.2) is 48.5 Å². The average molecular weight is 487 g/mol. The van der Waals surface area contributed by atoms with Crippen molar-refractivity contribution < 1.29 is 23.1 Å². The lowest BCUT2D eigenvalue weighted by atomic mass is 10.0. The second-order valence-corrected chi connectivity index (χ2v) is 9.40. The molecule has 2 heterocycles. The van der Waals surface area contributed by atoms with E-state index in [0.717, 1.165) is 30.7 Å². The van der Waals surface area contributed by atoms with Gasteiger partial charge in [-0.25, -0.2) is 13.8 Å². The van der Waals surface area contributed by atoms with Gasteiger partial charge in [-0.3, -0.25) is 14.9 Å². The third-order valence-electron chi connectivity index (χ3n) is 5.34. The summed E-state index contributed by atoms with van der Waals surface area (Å²) in [6.45, 7) is 3.99. The maximum Gasteiger partial charge on any atom is 0.251 e. The zero-order valence-corrected chi connectivity index (χ0v) is 19.5. The molecule has 0 radical (unpaired) electrons. The highest BCUT2D eigenvalue weighted by Gasteiger charge is 2.34. The van der Waals surface area contributed by atoms with Crippen molar-refractivity contribution in [1.29, 1.82) is 0 Å². The van der Waals surface area contributed by atoms with Crippen LogP contribution < -0.4 is 20.7 Å². The molecule has 3 aromatic rings. The quantitative estimate of drug-likeness (QED) is 0.459. The molecule has 4 rings (SSSR count). The average Bonchev–Trinajstić information content (AvgIpc) is 3.46. The number of hydrogen-bond donors (Lipinski definition) is 3. The van der Waals surface area contributed by atoms with E-state index in [4.69, 9.17) is 4.74 Å². The van der Waals surface area contributed by atoms with Crippen molar-refractivity contribution in [3.05, 3.63) is 60.2 Å². The highest BCUT2D eigenvalue weighted by atomic mass is 32.1. The molecule has 0 spiro atoms. The van der Waals surface area contributed by atoms with Crippen LogP contribution in [0.25, 0.3) is 11.3 Å². The van der Waals surface area contributed by atoms with E-state index in [2.05, 4.69) is 20.9 Å². The van der Waals surface area contributed by atoms with Gasteiger partial charge in [0, 0.05) is 5.56 Å². The summed E-state index contributed by atoms with van der Waals surface area (Å²) in [5, 5.41) is 9.20. The summed E-state index contributed by atoms with van der Waals surface area (Å²) in [6, 6.07) is 10.8. The number of halogens is 2. The van der Waals surface area contributed by atoms with Gasteiger partial charge >= 0.3 is 0 Å². The normalized spacial score (nSPS) is 15.7. The minimum atomic E-state index is -1.19. The Morgan fingerprint density at radius 2 is 1.74 bits per heavy atom. The Hall–Kier alpha value is -3.37. The Morgan fingerprint density at radius 1 is 1.09 bits per heavy atom. The van der Waals surface area contributed by atoms with E-state index in [9.17, 15) is 18.4 Å². The molecule has 1 aliphatic rings. The zero-order chi connectivity index (χ0) is 24.3. The number of anilines is 1. The molecule has 1 aliphatic heterocycles. The summed E-state index contributed by atoms with van der Waals surface area (Å²) in [4.78, 5) is 29.9. The lowest BCUT2D eigenvalue weighted by Crippen LogP contribution is -2.56. The van der Waals surface area contributed by atoms with Crippen molar-refractivity contribution in [1.82, 2.24) is 15.6 Å². The van der Waals surface area contributed by atoms with Gasteiger partial charge in [-0.1, -0.05) is 11.3 Å². The molecule has 1 atom stereocenters. The Balaban J connectivity index is 1.56. The standard InChI is InChI=1S/C24H24F2N4O3S/c1-24(2,30-20(31)18-4-3-13-27-18)22(32)29-23-28-19(14-5-7-15(25)8-6-14)21(34-23)33-17-11-9-16(26)10-12-17/h5-12,18,27H,3-4,13H2,1-2H3,(H,30,31)(H,28,29,32). The van der Waals surface area contributed by atoms with Crippen LogP contribution in [0.2, 0.25) is 0 Å². The van der Waals surface area contributed by atoms with E-state index in [1.807, 2.05) is 0 Å². The minimum Gasteiger partial charge on any atom is -0.444 e. The van der Waals surface area contributed by atoms with Gasteiger partial charge in [0.15, 0.2) is 5.13 Å². The molecular weight excluding hydrogens is 462 g/mol. The number of ether oxygens (including phenoxy) is 1. The molecule has 2 aromatic carbocycles. The summed E-state index contributed by atoms with van der Waals surface area (Å²) >= 11 is 1.07. The molecule has 2 amide bonds. The van der Waals surface area contributed by atoms with Gasteiger partial charge in [-0.2, -0.15) is 0 Å². The first-order valence-electron chi connectivity index (χ1n) is 10.8. The van der Waals surface area contributed by atoms with Gasteiger partial charge in [0.05, 0.1) is 6.04 Å². The third-order valence-corrected chi connectivity index (χ3v) is 6.19. The molecule has 34 heavy (non-hydrogen) atoms. The molecule has 7 nitrogen and oxygen atoms in total. The Kier molecular flexibility index (Phi) is 6.90. The topological polar surface area (TPSA) is 92.4 Å². The smallest absolute Gasteiger partial charge is 0.251 e. The lowest BCUT2D eigenvalue weighted by Gasteiger charge is -2.26. The van der Waals surface area contributed by atoms with E-state index < -0.39 is 23.1 Å². The second-order valence-electron chi connectivity index (χ2n) is 8.44. The van der Waals surface area contributed by atoms with E-state index in [0.29, 0.717) is 22.1 Å². The number of rotatable bonds is 7. The molecule has 1 fully saturated rings. The molecule has 0 aliphatic carbocycles. The monoisotopic (exact) mass is 486 g/mol. The number of carbonyl (C=O) groups excluding carboxylic acids is 2. The largest absolute Gasteiger partial charge is 0.444 e. The maximum absolute atomic E-state index is 13.4. The second kappa shape index (κ2) is 9.86. The van der Waals surface area contributed by atoms with Crippen molar-refractivity contribution in [2.45, 2.75) is 38.3 Å². The van der Waals surface area contributed by atoms with Crippen LogP contribution in [-0.2, 0) is 9.59 Å². The number of thiazole rings is 1. The van der Waals surface area contributed by atoms with Gasteiger partial charge in [0.2, 0.25) is 11.0 Å². The van der Waals surface area contributed by atoms with Gasteiger partial charge in [-0.15, -0.1) is 0 Å². The van der Waals surface area contributed by atoms with E-state index >= 15 is 0 Å². The maximum atomic E-state index is 13.4. The summed E-state index contributed by atoms with van der Waals surface area (Å²) in [5.74, 6) is -1.11. The van der Waals surface area contributed by atoms with Gasteiger partial charge < -0.3 is 15.4 Å². The lowest BCUT2D eigenvalue weighted by molar-refractivity contribution is -0.130. The predicted octanol–water partition coefficient (Wildman–Crippen LogP) is 4.47. The van der Waals surface area contributed by atoms with Crippen molar-refractivity contribution >= 4 is 28.3 Å². The summed E-state index contributed by atoms with van der Waals surface area (Å²) in [5.41, 5.74) is -0.224. The number of nitrogens with zero attached hydrogens (tertiary/aromatic N) is 1. The third kappa shape index (κ3) is 5.57. The predicted molar refractivity (Wildman–Crippen MR) is 126 cm³/mol. The fourth-order valence-electron chi connectivity index (χ4n) is 3.44. The van der Waals surface area contributed by atoms with E-state index in [-0.39, 0.29) is 17.1 Å². The van der Waals surface area contributed by atoms with E-state index in [1.165, 1.54) is 36.4 Å². The SMILES string of the molecule is CC(C)(NC(=O)C1CCCN1)C(=O)Nc1nc(-c2ccc(F)cc2)c(Oc2ccc(F)cc2)s1. The van der Waals surface area contributed by atoms with Gasteiger partial charge in [0.25, 0.3) is 5.91 Å². The van der Waals surface area contributed by atoms with Gasteiger partial charge in [-0.05, 0) is 81.8 Å². The van der Waals surface area contributed by atoms with Crippen LogP contribution in [0.3, 0.4) is 0 Å². The molecular formula is C24H24F2N4O3S. The first-order valence-corrected chi connectivity index (χ1v) is 11.6. The Morgan fingerprint density at radius 3 is 2.35 bits per heavy atom. The van der Waals surface area contributed by atoms with Crippen LogP contribution in [0.5, 0.6) is 10.8 Å². The molecule has 0 bridgehead atoms. The summed E-state index contributed by atoms with van der Waals surface area (Å²) in [7, 11) is 0. The van der Waals surface area contributed by atoms with Crippen molar-refractivity contribution in [3.63, 3.8) is 0 Å². The fourth-order valence-corrected chi connectivity index (χ4v) is 4.30. The highest BCUT2D eigenvalue weighted by molar-refractivity contribution is 7.18. The number of benzene rings is 2. The van der Waals surface area contributed by atoms with Gasteiger partial charge in [0.1, 0.15) is 28.6 Å². The summed E-state index contributed by atoms with van der Waals surface area (Å²) in [6.07, 6.45) is 1.63. The number of aromatic nitrogens is 1. The molecule has 1 saturated heterocycles. The first-order chi connectivity index (χ1) is 16.2. The zero-order valence-electron chi connectivity index (χ0n) is 18.7. The Labute approximate surface area is 199 Å². The molecule has 10 heteroatoms. The molecule has 1 aromatic heterocycles. The number of amides is 2. The number of nitrogens with one attached hydrogen (secondary N) is 3. The molecule has 0 saturated carbocycles. The van der Waals surface area contributed by atoms with Crippen LogP contribution in [0.1, 0.15) is 26.7 Å².